The van der Waals surface area contributed by atoms with Gasteiger partial charge in [-0.05, 0) is 31.0 Å². The number of ether oxygens (including phenoxy) is 1. The summed E-state index contributed by atoms with van der Waals surface area (Å²) in [6.07, 6.45) is -5.11. The molecule has 5 heteroatoms. The van der Waals surface area contributed by atoms with Crippen LogP contribution in [0.2, 0.25) is 0 Å². The van der Waals surface area contributed by atoms with E-state index < -0.39 is 18.6 Å². The van der Waals surface area contributed by atoms with E-state index in [1.807, 2.05) is 6.92 Å². The summed E-state index contributed by atoms with van der Waals surface area (Å²) < 4.78 is 41.3. The zero-order chi connectivity index (χ0) is 12.9. The third-order valence-electron chi connectivity index (χ3n) is 2.36. The van der Waals surface area contributed by atoms with Crippen molar-refractivity contribution in [3.63, 3.8) is 0 Å². The maximum Gasteiger partial charge on any atom is 0.389 e. The normalized spacial score (nSPS) is 13.5. The van der Waals surface area contributed by atoms with E-state index in [0.717, 1.165) is 0 Å². The van der Waals surface area contributed by atoms with Gasteiger partial charge in [-0.2, -0.15) is 13.2 Å². The lowest BCUT2D eigenvalue weighted by atomic mass is 10.0. The first kappa shape index (κ1) is 13.8. The van der Waals surface area contributed by atoms with Gasteiger partial charge in [-0.1, -0.05) is 12.1 Å². The van der Waals surface area contributed by atoms with Gasteiger partial charge in [0.25, 0.3) is 0 Å². The van der Waals surface area contributed by atoms with E-state index in [2.05, 4.69) is 0 Å². The monoisotopic (exact) mass is 247 g/mol. The smallest absolute Gasteiger partial charge is 0.389 e. The second-order valence-electron chi connectivity index (χ2n) is 3.76. The molecule has 1 rings (SSSR count). The molecule has 1 atom stereocenters. The third-order valence-corrected chi connectivity index (χ3v) is 2.36. The van der Waals surface area contributed by atoms with E-state index in [4.69, 9.17) is 10.5 Å². The molecule has 17 heavy (non-hydrogen) atoms. The van der Waals surface area contributed by atoms with Gasteiger partial charge in [0.15, 0.2) is 0 Å². The van der Waals surface area contributed by atoms with E-state index in [-0.39, 0.29) is 6.42 Å². The highest BCUT2D eigenvalue weighted by atomic mass is 19.4. The average molecular weight is 247 g/mol. The lowest BCUT2D eigenvalue weighted by Crippen LogP contribution is -2.15. The van der Waals surface area contributed by atoms with Crippen LogP contribution in [0.3, 0.4) is 0 Å². The molecular weight excluding hydrogens is 231 g/mol. The van der Waals surface area contributed by atoms with Crippen molar-refractivity contribution in [3.8, 4) is 5.75 Å². The quantitative estimate of drug-likeness (QED) is 0.865. The van der Waals surface area contributed by atoms with E-state index in [1.54, 1.807) is 24.3 Å². The van der Waals surface area contributed by atoms with E-state index >= 15 is 0 Å². The summed E-state index contributed by atoms with van der Waals surface area (Å²) in [5.74, 6) is 0.694. The summed E-state index contributed by atoms with van der Waals surface area (Å²) in [5.41, 5.74) is 6.38. The Balaban J connectivity index is 2.54. The lowest BCUT2D eigenvalue weighted by Gasteiger charge is -2.14. The predicted octanol–water partition coefficient (Wildman–Crippen LogP) is 3.43. The first-order chi connectivity index (χ1) is 7.92. The van der Waals surface area contributed by atoms with Crippen LogP contribution in [-0.4, -0.2) is 12.8 Å². The second-order valence-corrected chi connectivity index (χ2v) is 3.76. The van der Waals surface area contributed by atoms with Crippen LogP contribution in [0, 0.1) is 0 Å². The van der Waals surface area contributed by atoms with Crippen molar-refractivity contribution < 1.29 is 17.9 Å². The topological polar surface area (TPSA) is 35.2 Å². The molecule has 0 saturated carbocycles. The standard InChI is InChI=1S/C12H16F3NO/c1-2-17-10-5-3-9(4-6-10)11(16)7-8-12(13,14)15/h3-6,11H,2,7-8,16H2,1H3/t11-/m0/s1. The minimum Gasteiger partial charge on any atom is -0.494 e. The van der Waals surface area contributed by atoms with Crippen molar-refractivity contribution in [2.75, 3.05) is 6.61 Å². The zero-order valence-corrected chi connectivity index (χ0v) is 9.63. The molecule has 2 nitrogen and oxygen atoms in total. The van der Waals surface area contributed by atoms with Crippen LogP contribution in [0.1, 0.15) is 31.4 Å². The molecule has 96 valence electrons. The first-order valence-corrected chi connectivity index (χ1v) is 5.47. The minimum atomic E-state index is -4.15. The number of rotatable bonds is 5. The Hall–Kier alpha value is -1.23. The van der Waals surface area contributed by atoms with E-state index in [0.29, 0.717) is 17.9 Å². The number of nitrogens with two attached hydrogens (primary N) is 1. The van der Waals surface area contributed by atoms with Gasteiger partial charge in [0.2, 0.25) is 0 Å². The van der Waals surface area contributed by atoms with Crippen LogP contribution in [0.4, 0.5) is 13.2 Å². The van der Waals surface area contributed by atoms with Gasteiger partial charge < -0.3 is 10.5 Å². The summed E-state index contributed by atoms with van der Waals surface area (Å²) >= 11 is 0. The first-order valence-electron chi connectivity index (χ1n) is 5.47. The summed E-state index contributed by atoms with van der Waals surface area (Å²) in [5, 5.41) is 0. The Morgan fingerprint density at radius 1 is 1.24 bits per heavy atom. The fourth-order valence-corrected chi connectivity index (χ4v) is 1.46. The SMILES string of the molecule is CCOc1ccc([C@@H](N)CCC(F)(F)F)cc1. The highest BCUT2D eigenvalue weighted by Gasteiger charge is 2.27. The van der Waals surface area contributed by atoms with Gasteiger partial charge >= 0.3 is 6.18 Å². The van der Waals surface area contributed by atoms with Crippen molar-refractivity contribution in [2.45, 2.75) is 32.0 Å². The highest BCUT2D eigenvalue weighted by molar-refractivity contribution is 5.28. The van der Waals surface area contributed by atoms with Gasteiger partial charge in [0, 0.05) is 12.5 Å². The summed E-state index contributed by atoms with van der Waals surface area (Å²) in [7, 11) is 0. The molecular formula is C12H16F3NO. The molecule has 1 aromatic carbocycles. The van der Waals surface area contributed by atoms with Crippen LogP contribution >= 0.6 is 0 Å². The molecule has 0 saturated heterocycles. The van der Waals surface area contributed by atoms with Crippen molar-refractivity contribution in [2.24, 2.45) is 5.73 Å². The molecule has 0 bridgehead atoms. The van der Waals surface area contributed by atoms with Gasteiger partial charge in [-0.25, -0.2) is 0 Å². The zero-order valence-electron chi connectivity index (χ0n) is 9.63. The highest BCUT2D eigenvalue weighted by Crippen LogP contribution is 2.27. The van der Waals surface area contributed by atoms with Crippen molar-refractivity contribution >= 4 is 0 Å². The second kappa shape index (κ2) is 5.91. The van der Waals surface area contributed by atoms with Crippen molar-refractivity contribution in [1.82, 2.24) is 0 Å². The molecule has 1 aromatic rings. The van der Waals surface area contributed by atoms with Crippen LogP contribution < -0.4 is 10.5 Å². The molecule has 0 spiro atoms. The molecule has 0 fully saturated rings. The van der Waals surface area contributed by atoms with Gasteiger partial charge in [-0.15, -0.1) is 0 Å². The Morgan fingerprint density at radius 2 is 1.82 bits per heavy atom. The van der Waals surface area contributed by atoms with Crippen LogP contribution in [0.5, 0.6) is 5.75 Å². The number of alkyl halides is 3. The van der Waals surface area contributed by atoms with Gasteiger partial charge in [0.1, 0.15) is 5.75 Å². The molecule has 0 unspecified atom stereocenters. The van der Waals surface area contributed by atoms with Gasteiger partial charge in [0.05, 0.1) is 6.61 Å². The Kier molecular flexibility index (Phi) is 4.81. The van der Waals surface area contributed by atoms with E-state index in [9.17, 15) is 13.2 Å². The number of hydrogen-bond acceptors (Lipinski definition) is 2. The molecule has 0 aliphatic carbocycles. The van der Waals surface area contributed by atoms with Gasteiger partial charge in [-0.3, -0.25) is 0 Å². The Morgan fingerprint density at radius 3 is 2.29 bits per heavy atom. The molecule has 0 aliphatic heterocycles. The molecule has 0 heterocycles. The largest absolute Gasteiger partial charge is 0.494 e. The minimum absolute atomic E-state index is 0.0997. The molecule has 0 aromatic heterocycles. The number of benzene rings is 1. The molecule has 2 N–H and O–H groups in total. The molecule has 0 amide bonds. The predicted molar refractivity (Wildman–Crippen MR) is 59.8 cm³/mol. The Labute approximate surface area is 98.6 Å². The van der Waals surface area contributed by atoms with E-state index in [1.165, 1.54) is 0 Å². The van der Waals surface area contributed by atoms with Crippen molar-refractivity contribution in [3.05, 3.63) is 29.8 Å². The van der Waals surface area contributed by atoms with Crippen LogP contribution in [0.25, 0.3) is 0 Å². The van der Waals surface area contributed by atoms with Crippen molar-refractivity contribution in [1.29, 1.82) is 0 Å². The third kappa shape index (κ3) is 5.08. The Bertz CT molecular complexity index is 335. The van der Waals surface area contributed by atoms with Crippen LogP contribution in [-0.2, 0) is 0 Å². The fraction of sp³-hybridized carbons (Fsp3) is 0.500. The van der Waals surface area contributed by atoms with Crippen LogP contribution in [0.15, 0.2) is 24.3 Å². The maximum atomic E-state index is 12.0. The number of hydrogen-bond donors (Lipinski definition) is 1. The summed E-state index contributed by atoms with van der Waals surface area (Å²) in [6.45, 7) is 2.42. The molecule has 0 radical (unpaired) electrons. The maximum absolute atomic E-state index is 12.0. The lowest BCUT2D eigenvalue weighted by molar-refractivity contribution is -0.136. The summed E-state index contributed by atoms with van der Waals surface area (Å²) in [4.78, 5) is 0. The molecule has 0 aliphatic rings. The number of halogens is 3. The summed E-state index contributed by atoms with van der Waals surface area (Å²) in [6, 6.07) is 6.24. The average Bonchev–Trinajstić information content (AvgIpc) is 2.26. The fourth-order valence-electron chi connectivity index (χ4n) is 1.46.